The molecule has 1 amide bonds. The Morgan fingerprint density at radius 3 is 2.85 bits per heavy atom. The van der Waals surface area contributed by atoms with Crippen molar-refractivity contribution in [2.24, 2.45) is 13.0 Å². The topological polar surface area (TPSA) is 63.0 Å². The number of likely N-dealkylation sites (tertiary alicyclic amines) is 1. The van der Waals surface area contributed by atoms with Gasteiger partial charge in [-0.1, -0.05) is 12.1 Å². The van der Waals surface area contributed by atoms with Crippen molar-refractivity contribution in [3.8, 4) is 0 Å². The van der Waals surface area contributed by atoms with Crippen LogP contribution in [0.25, 0.3) is 11.0 Å². The van der Waals surface area contributed by atoms with Crippen molar-refractivity contribution < 1.29 is 4.79 Å². The van der Waals surface area contributed by atoms with E-state index in [0.29, 0.717) is 18.0 Å². The highest BCUT2D eigenvalue weighted by Crippen LogP contribution is 2.20. The SMILES string of the molecule is Cn1c(CN2CCC(CNC(=O)c3ccncc3)C2)nc2ccccc21. The minimum atomic E-state index is -0.0267. The van der Waals surface area contributed by atoms with Crippen LogP contribution in [-0.2, 0) is 13.6 Å². The molecule has 1 fully saturated rings. The third-order valence-corrected chi connectivity index (χ3v) is 5.11. The summed E-state index contributed by atoms with van der Waals surface area (Å²) in [5.41, 5.74) is 2.88. The van der Waals surface area contributed by atoms with Gasteiger partial charge in [0, 0.05) is 38.1 Å². The number of hydrogen-bond acceptors (Lipinski definition) is 4. The summed E-state index contributed by atoms with van der Waals surface area (Å²) in [5.74, 6) is 1.55. The third-order valence-electron chi connectivity index (χ3n) is 5.11. The molecule has 6 heteroatoms. The summed E-state index contributed by atoms with van der Waals surface area (Å²) in [7, 11) is 2.08. The number of para-hydroxylation sites is 2. The summed E-state index contributed by atoms with van der Waals surface area (Å²) in [6.07, 6.45) is 4.38. The van der Waals surface area contributed by atoms with E-state index in [4.69, 9.17) is 4.98 Å². The number of pyridine rings is 1. The summed E-state index contributed by atoms with van der Waals surface area (Å²) in [6.45, 7) is 3.58. The summed E-state index contributed by atoms with van der Waals surface area (Å²) in [6, 6.07) is 11.7. The first-order chi connectivity index (χ1) is 12.7. The van der Waals surface area contributed by atoms with E-state index in [1.807, 2.05) is 12.1 Å². The van der Waals surface area contributed by atoms with Gasteiger partial charge < -0.3 is 9.88 Å². The molecule has 0 spiro atoms. The third kappa shape index (κ3) is 3.46. The van der Waals surface area contributed by atoms with Crippen LogP contribution < -0.4 is 5.32 Å². The molecular formula is C20H23N5O. The molecule has 134 valence electrons. The fraction of sp³-hybridized carbons (Fsp3) is 0.350. The molecule has 1 aromatic carbocycles. The lowest BCUT2D eigenvalue weighted by molar-refractivity contribution is 0.0947. The molecule has 6 nitrogen and oxygen atoms in total. The zero-order chi connectivity index (χ0) is 17.9. The van der Waals surface area contributed by atoms with Crippen LogP contribution in [0.2, 0.25) is 0 Å². The second kappa shape index (κ2) is 7.25. The van der Waals surface area contributed by atoms with Gasteiger partial charge in [-0.05, 0) is 43.1 Å². The number of carbonyl (C=O) groups is 1. The largest absolute Gasteiger partial charge is 0.352 e. The first-order valence-electron chi connectivity index (χ1n) is 9.01. The number of rotatable bonds is 5. The van der Waals surface area contributed by atoms with Crippen molar-refractivity contribution >= 4 is 16.9 Å². The summed E-state index contributed by atoms with van der Waals surface area (Å²) in [5, 5.41) is 3.04. The Morgan fingerprint density at radius 2 is 2.04 bits per heavy atom. The highest BCUT2D eigenvalue weighted by Gasteiger charge is 2.24. The monoisotopic (exact) mass is 349 g/mol. The smallest absolute Gasteiger partial charge is 0.251 e. The minimum absolute atomic E-state index is 0.0267. The highest BCUT2D eigenvalue weighted by molar-refractivity contribution is 5.93. The lowest BCUT2D eigenvalue weighted by Crippen LogP contribution is -2.31. The van der Waals surface area contributed by atoms with Crippen LogP contribution in [0.4, 0.5) is 0 Å². The second-order valence-corrected chi connectivity index (χ2v) is 6.91. The summed E-state index contributed by atoms with van der Waals surface area (Å²) >= 11 is 0. The number of nitrogens with one attached hydrogen (secondary N) is 1. The number of benzene rings is 1. The lowest BCUT2D eigenvalue weighted by atomic mass is 10.1. The quantitative estimate of drug-likeness (QED) is 0.767. The number of hydrogen-bond donors (Lipinski definition) is 1. The van der Waals surface area contributed by atoms with Gasteiger partial charge in [0.1, 0.15) is 5.82 Å². The molecule has 1 N–H and O–H groups in total. The molecule has 3 heterocycles. The van der Waals surface area contributed by atoms with Gasteiger partial charge in [-0.3, -0.25) is 14.7 Å². The van der Waals surface area contributed by atoms with Crippen LogP contribution in [-0.4, -0.2) is 45.0 Å². The van der Waals surface area contributed by atoms with E-state index in [-0.39, 0.29) is 5.91 Å². The summed E-state index contributed by atoms with van der Waals surface area (Å²) < 4.78 is 2.17. The summed E-state index contributed by atoms with van der Waals surface area (Å²) in [4.78, 5) is 23.3. The van der Waals surface area contributed by atoms with Crippen molar-refractivity contribution in [3.63, 3.8) is 0 Å². The molecule has 1 unspecified atom stereocenters. The maximum atomic E-state index is 12.2. The van der Waals surface area contributed by atoms with Crippen LogP contribution in [0, 0.1) is 5.92 Å². The van der Waals surface area contributed by atoms with E-state index in [9.17, 15) is 4.79 Å². The first kappa shape index (κ1) is 16.7. The molecule has 0 aliphatic carbocycles. The number of aromatic nitrogens is 3. The predicted octanol–water partition coefficient (Wildman–Crippen LogP) is 2.22. The number of imidazole rings is 1. The number of amides is 1. The molecule has 0 saturated carbocycles. The molecule has 3 aromatic rings. The first-order valence-corrected chi connectivity index (χ1v) is 9.01. The second-order valence-electron chi connectivity index (χ2n) is 6.91. The van der Waals surface area contributed by atoms with E-state index < -0.39 is 0 Å². The molecule has 1 aliphatic heterocycles. The van der Waals surface area contributed by atoms with Crippen molar-refractivity contribution in [2.45, 2.75) is 13.0 Å². The molecule has 0 bridgehead atoms. The molecular weight excluding hydrogens is 326 g/mol. The van der Waals surface area contributed by atoms with Gasteiger partial charge in [0.15, 0.2) is 0 Å². The Kier molecular flexibility index (Phi) is 4.67. The molecule has 2 aromatic heterocycles. The molecule has 1 saturated heterocycles. The van der Waals surface area contributed by atoms with E-state index in [1.165, 1.54) is 5.52 Å². The molecule has 26 heavy (non-hydrogen) atoms. The van der Waals surface area contributed by atoms with Gasteiger partial charge in [0.2, 0.25) is 0 Å². The lowest BCUT2D eigenvalue weighted by Gasteiger charge is -2.16. The molecule has 1 aliphatic rings. The van der Waals surface area contributed by atoms with Crippen LogP contribution in [0.1, 0.15) is 22.6 Å². The van der Waals surface area contributed by atoms with Gasteiger partial charge in [0.05, 0.1) is 17.6 Å². The normalized spacial score (nSPS) is 17.7. The van der Waals surface area contributed by atoms with Gasteiger partial charge in [-0.25, -0.2) is 4.98 Å². The van der Waals surface area contributed by atoms with Gasteiger partial charge in [-0.2, -0.15) is 0 Å². The van der Waals surface area contributed by atoms with Gasteiger partial charge >= 0.3 is 0 Å². The Balaban J connectivity index is 1.32. The number of fused-ring (bicyclic) bond motifs is 1. The molecule has 4 rings (SSSR count). The van der Waals surface area contributed by atoms with E-state index in [2.05, 4.69) is 38.9 Å². The van der Waals surface area contributed by atoms with Crippen LogP contribution in [0.3, 0.4) is 0 Å². The highest BCUT2D eigenvalue weighted by atomic mass is 16.1. The number of nitrogens with zero attached hydrogens (tertiary/aromatic N) is 4. The number of aryl methyl sites for hydroxylation is 1. The van der Waals surface area contributed by atoms with E-state index >= 15 is 0 Å². The Bertz CT molecular complexity index is 905. The zero-order valence-electron chi connectivity index (χ0n) is 14.9. The van der Waals surface area contributed by atoms with Crippen molar-refractivity contribution in [1.29, 1.82) is 0 Å². The van der Waals surface area contributed by atoms with Crippen molar-refractivity contribution in [2.75, 3.05) is 19.6 Å². The van der Waals surface area contributed by atoms with Crippen LogP contribution in [0.15, 0.2) is 48.8 Å². The maximum Gasteiger partial charge on any atom is 0.251 e. The fourth-order valence-corrected chi connectivity index (χ4v) is 3.60. The predicted molar refractivity (Wildman–Crippen MR) is 101 cm³/mol. The molecule has 0 radical (unpaired) electrons. The maximum absolute atomic E-state index is 12.2. The zero-order valence-corrected chi connectivity index (χ0v) is 14.9. The van der Waals surface area contributed by atoms with Crippen molar-refractivity contribution in [1.82, 2.24) is 24.8 Å². The average molecular weight is 349 g/mol. The Hall–Kier alpha value is -2.73. The van der Waals surface area contributed by atoms with Crippen molar-refractivity contribution in [3.05, 3.63) is 60.2 Å². The minimum Gasteiger partial charge on any atom is -0.352 e. The number of carbonyl (C=O) groups excluding carboxylic acids is 1. The van der Waals surface area contributed by atoms with E-state index in [1.54, 1.807) is 24.5 Å². The molecule has 1 atom stereocenters. The van der Waals surface area contributed by atoms with Crippen LogP contribution in [0.5, 0.6) is 0 Å². The Labute approximate surface area is 152 Å². The average Bonchev–Trinajstić information content (AvgIpc) is 3.26. The van der Waals surface area contributed by atoms with Crippen LogP contribution >= 0.6 is 0 Å². The van der Waals surface area contributed by atoms with Gasteiger partial charge in [0.25, 0.3) is 5.91 Å². The van der Waals surface area contributed by atoms with E-state index in [0.717, 1.165) is 37.4 Å². The Morgan fingerprint density at radius 1 is 1.23 bits per heavy atom. The van der Waals surface area contributed by atoms with Gasteiger partial charge in [-0.15, -0.1) is 0 Å². The fourth-order valence-electron chi connectivity index (χ4n) is 3.60. The standard InChI is InChI=1S/C20H23N5O/c1-24-18-5-3-2-4-17(18)23-19(24)14-25-11-8-15(13-25)12-22-20(26)16-6-9-21-10-7-16/h2-7,9-10,15H,8,11-14H2,1H3,(H,22,26).